The molecular formula is C25H15F7N2O5S2. The number of carboxylic acids is 1. The van der Waals surface area contributed by atoms with Crippen LogP contribution < -0.4 is 9.46 Å². The van der Waals surface area contributed by atoms with Gasteiger partial charge in [-0.05, 0) is 47.9 Å². The number of hydrogen-bond acceptors (Lipinski definition) is 6. The van der Waals surface area contributed by atoms with E-state index in [0.29, 0.717) is 29.5 Å². The number of alkyl halides is 3. The molecule has 4 rings (SSSR count). The number of aromatic carboxylic acids is 1. The fourth-order valence-corrected chi connectivity index (χ4v) is 6.01. The van der Waals surface area contributed by atoms with E-state index in [1.54, 1.807) is 0 Å². The molecule has 2 N–H and O–H groups in total. The van der Waals surface area contributed by atoms with E-state index in [2.05, 4.69) is 4.98 Å². The van der Waals surface area contributed by atoms with Crippen LogP contribution in [0.15, 0.2) is 46.8 Å². The second-order valence-electron chi connectivity index (χ2n) is 8.35. The maximum absolute atomic E-state index is 15.3. The molecule has 0 aliphatic heterocycles. The molecule has 1 heterocycles. The average Bonchev–Trinajstić information content (AvgIpc) is 3.35. The van der Waals surface area contributed by atoms with Gasteiger partial charge in [-0.25, -0.2) is 27.3 Å². The molecule has 7 nitrogen and oxygen atoms in total. The number of methoxy groups -OCH3 is 1. The van der Waals surface area contributed by atoms with Gasteiger partial charge in [0.25, 0.3) is 10.0 Å². The summed E-state index contributed by atoms with van der Waals surface area (Å²) in [6, 6.07) is 4.51. The SMILES string of the molecule is COc1cc(C(=O)O)c(F)cc1NS(=O)(=O)c1csc(-c2ccc(-c3cc(F)c(C(F)(F)F)c(F)c3)c(C)c2F)n1. The van der Waals surface area contributed by atoms with Crippen LogP contribution in [0.5, 0.6) is 5.75 Å². The van der Waals surface area contributed by atoms with Crippen LogP contribution in [0, 0.1) is 30.2 Å². The van der Waals surface area contributed by atoms with Crippen LogP contribution in [-0.4, -0.2) is 31.6 Å². The Morgan fingerprint density at radius 1 is 1.00 bits per heavy atom. The van der Waals surface area contributed by atoms with Crippen molar-refractivity contribution in [3.8, 4) is 27.4 Å². The summed E-state index contributed by atoms with van der Waals surface area (Å²) in [6.07, 6.45) is -5.28. The van der Waals surface area contributed by atoms with Gasteiger partial charge in [0.05, 0.1) is 18.4 Å². The van der Waals surface area contributed by atoms with E-state index in [-0.39, 0.29) is 33.0 Å². The number of halogens is 7. The van der Waals surface area contributed by atoms with Crippen molar-refractivity contribution < 1.29 is 53.8 Å². The van der Waals surface area contributed by atoms with E-state index in [1.807, 2.05) is 4.72 Å². The number of benzene rings is 3. The molecule has 0 amide bonds. The smallest absolute Gasteiger partial charge is 0.422 e. The van der Waals surface area contributed by atoms with Crippen molar-refractivity contribution in [3.05, 3.63) is 81.7 Å². The Morgan fingerprint density at radius 2 is 1.61 bits per heavy atom. The minimum absolute atomic E-state index is 0.122. The topological polar surface area (TPSA) is 106 Å². The third-order valence-electron chi connectivity index (χ3n) is 5.78. The molecule has 216 valence electrons. The van der Waals surface area contributed by atoms with Gasteiger partial charge in [0.15, 0.2) is 5.03 Å². The van der Waals surface area contributed by atoms with E-state index in [4.69, 9.17) is 9.84 Å². The third-order valence-corrected chi connectivity index (χ3v) is 8.05. The summed E-state index contributed by atoms with van der Waals surface area (Å²) in [5.74, 6) is -7.92. The Kier molecular flexibility index (Phi) is 7.75. The van der Waals surface area contributed by atoms with Gasteiger partial charge in [-0.15, -0.1) is 11.3 Å². The number of hydrogen-bond donors (Lipinski definition) is 2. The lowest BCUT2D eigenvalue weighted by molar-refractivity contribution is -0.142. The van der Waals surface area contributed by atoms with Crippen LogP contribution in [0.1, 0.15) is 21.5 Å². The van der Waals surface area contributed by atoms with Crippen LogP contribution in [0.2, 0.25) is 0 Å². The van der Waals surface area contributed by atoms with Gasteiger partial charge < -0.3 is 9.84 Å². The van der Waals surface area contributed by atoms with E-state index in [1.165, 1.54) is 13.0 Å². The highest BCUT2D eigenvalue weighted by atomic mass is 32.2. The van der Waals surface area contributed by atoms with Crippen molar-refractivity contribution >= 4 is 33.0 Å². The van der Waals surface area contributed by atoms with Crippen molar-refractivity contribution in [1.82, 2.24) is 4.98 Å². The zero-order valence-electron chi connectivity index (χ0n) is 20.5. The maximum Gasteiger partial charge on any atom is 0.422 e. The first-order valence-electron chi connectivity index (χ1n) is 11.0. The molecule has 0 atom stereocenters. The Bertz CT molecular complexity index is 1780. The zero-order chi connectivity index (χ0) is 30.4. The number of thiazole rings is 1. The number of rotatable bonds is 7. The molecule has 41 heavy (non-hydrogen) atoms. The molecule has 4 aromatic rings. The molecule has 3 aromatic carbocycles. The largest absolute Gasteiger partial charge is 0.495 e. The first kappa shape index (κ1) is 29.8. The number of carbonyl (C=O) groups is 1. The number of carboxylic acid groups (broad SMARTS) is 1. The molecule has 0 aliphatic rings. The molecule has 0 radical (unpaired) electrons. The van der Waals surface area contributed by atoms with Crippen LogP contribution in [0.3, 0.4) is 0 Å². The molecular weight excluding hydrogens is 605 g/mol. The van der Waals surface area contributed by atoms with E-state index in [9.17, 15) is 39.6 Å². The minimum atomic E-state index is -5.28. The molecule has 0 bridgehead atoms. The molecule has 0 aliphatic carbocycles. The van der Waals surface area contributed by atoms with Crippen LogP contribution >= 0.6 is 11.3 Å². The summed E-state index contributed by atoms with van der Waals surface area (Å²) >= 11 is 0.695. The summed E-state index contributed by atoms with van der Waals surface area (Å²) in [6.45, 7) is 1.20. The monoisotopic (exact) mass is 620 g/mol. The van der Waals surface area contributed by atoms with Gasteiger partial charge >= 0.3 is 12.1 Å². The summed E-state index contributed by atoms with van der Waals surface area (Å²) < 4.78 is 129. The molecule has 0 unspecified atom stereocenters. The Balaban J connectivity index is 1.68. The predicted octanol–water partition coefficient (Wildman–Crippen LogP) is 6.87. The van der Waals surface area contributed by atoms with E-state index < -0.39 is 67.3 Å². The number of ether oxygens (including phenoxy) is 1. The summed E-state index contributed by atoms with van der Waals surface area (Å²) in [7, 11) is -3.43. The zero-order valence-corrected chi connectivity index (χ0v) is 22.2. The molecule has 0 fully saturated rings. The maximum atomic E-state index is 15.3. The first-order chi connectivity index (χ1) is 19.0. The quantitative estimate of drug-likeness (QED) is 0.219. The number of nitrogens with zero attached hydrogens (tertiary/aromatic N) is 1. The summed E-state index contributed by atoms with van der Waals surface area (Å²) in [4.78, 5) is 15.0. The standard InChI is InChI=1S/C25H15F7N2O5S2/c1-10-12(11-5-16(27)21(17(28)6-11)25(30,31)32)3-4-13(22(10)29)23-33-20(9-40-23)41(37,38)34-18-8-15(26)14(24(35)36)7-19(18)39-2/h3-9,34H,1-2H3,(H,35,36). The number of anilines is 1. The normalized spacial score (nSPS) is 11.9. The van der Waals surface area contributed by atoms with E-state index in [0.717, 1.165) is 24.6 Å². The van der Waals surface area contributed by atoms with Crippen molar-refractivity contribution in [2.45, 2.75) is 18.1 Å². The average molecular weight is 621 g/mol. The molecule has 16 heteroatoms. The van der Waals surface area contributed by atoms with E-state index >= 15 is 4.39 Å². The van der Waals surface area contributed by atoms with Gasteiger partial charge in [-0.3, -0.25) is 4.72 Å². The minimum Gasteiger partial charge on any atom is -0.495 e. The van der Waals surface area contributed by atoms with Crippen LogP contribution in [0.4, 0.5) is 36.4 Å². The van der Waals surface area contributed by atoms with Crippen molar-refractivity contribution in [3.63, 3.8) is 0 Å². The van der Waals surface area contributed by atoms with Gasteiger partial charge in [0.2, 0.25) is 0 Å². The van der Waals surface area contributed by atoms with Gasteiger partial charge in [-0.2, -0.15) is 21.6 Å². The molecule has 1 aromatic heterocycles. The Morgan fingerprint density at radius 3 is 2.17 bits per heavy atom. The lowest BCUT2D eigenvalue weighted by Crippen LogP contribution is -2.15. The fourth-order valence-electron chi connectivity index (χ4n) is 3.83. The Labute approximate surface area is 230 Å². The van der Waals surface area contributed by atoms with Gasteiger partial charge in [-0.1, -0.05) is 6.07 Å². The second kappa shape index (κ2) is 10.7. The van der Waals surface area contributed by atoms with Crippen molar-refractivity contribution in [2.24, 2.45) is 0 Å². The molecule has 0 saturated heterocycles. The van der Waals surface area contributed by atoms with Crippen LogP contribution in [-0.2, 0) is 16.2 Å². The number of aromatic nitrogens is 1. The van der Waals surface area contributed by atoms with Gasteiger partial charge in [0.1, 0.15) is 39.6 Å². The predicted molar refractivity (Wildman–Crippen MR) is 133 cm³/mol. The van der Waals surface area contributed by atoms with Gasteiger partial charge in [0, 0.05) is 17.0 Å². The third kappa shape index (κ3) is 5.69. The summed E-state index contributed by atoms with van der Waals surface area (Å²) in [5.41, 5.74) is -4.21. The molecule has 0 spiro atoms. The first-order valence-corrected chi connectivity index (χ1v) is 13.4. The second-order valence-corrected chi connectivity index (χ2v) is 10.8. The number of nitrogens with one attached hydrogen (secondary N) is 1. The highest BCUT2D eigenvalue weighted by Gasteiger charge is 2.38. The highest BCUT2D eigenvalue weighted by Crippen LogP contribution is 2.39. The molecule has 0 saturated carbocycles. The lowest BCUT2D eigenvalue weighted by Gasteiger charge is -2.14. The van der Waals surface area contributed by atoms with Crippen molar-refractivity contribution in [2.75, 3.05) is 11.8 Å². The highest BCUT2D eigenvalue weighted by molar-refractivity contribution is 7.92. The van der Waals surface area contributed by atoms with Crippen LogP contribution in [0.25, 0.3) is 21.7 Å². The Hall–Kier alpha value is -4.18. The van der Waals surface area contributed by atoms with Crippen molar-refractivity contribution in [1.29, 1.82) is 0 Å². The number of sulfonamides is 1. The summed E-state index contributed by atoms with van der Waals surface area (Å²) in [5, 5.41) is 9.31. The fraction of sp³-hybridized carbons (Fsp3) is 0.120. The lowest BCUT2D eigenvalue weighted by atomic mass is 9.96.